The zero-order valence-corrected chi connectivity index (χ0v) is 19.6. The maximum absolute atomic E-state index is 14.0. The standard InChI is InChI=1S/C25H21ClF3N3O3/c1-11-8-12(2)20-14(9-11)24(23(35)30-20)19-18(16-4-3-7-31(16)24)21(33)32(22(19)34)17-10-13(25(27,28)29)5-6-15(17)26/h5-6,8-10,16,18-19H,3-4,7H2,1-2H3,(H,30,35)/t16-,18+,19+,24-/m1/s1. The van der Waals surface area contributed by atoms with Crippen LogP contribution in [0.2, 0.25) is 5.02 Å². The first-order valence-electron chi connectivity index (χ1n) is 11.4. The Bertz CT molecular complexity index is 1340. The Kier molecular flexibility index (Phi) is 4.56. The van der Waals surface area contributed by atoms with Crippen LogP contribution >= 0.6 is 11.6 Å². The molecule has 182 valence electrons. The van der Waals surface area contributed by atoms with Crippen LogP contribution in [-0.4, -0.2) is 35.2 Å². The van der Waals surface area contributed by atoms with E-state index in [-0.39, 0.29) is 22.7 Å². The minimum Gasteiger partial charge on any atom is -0.324 e. The van der Waals surface area contributed by atoms with Gasteiger partial charge in [0.15, 0.2) is 0 Å². The van der Waals surface area contributed by atoms with Gasteiger partial charge in [-0.15, -0.1) is 0 Å². The Morgan fingerprint density at radius 3 is 2.54 bits per heavy atom. The van der Waals surface area contributed by atoms with Crippen molar-refractivity contribution in [1.29, 1.82) is 0 Å². The van der Waals surface area contributed by atoms with E-state index in [0.29, 0.717) is 24.2 Å². The molecule has 3 saturated heterocycles. The lowest BCUT2D eigenvalue weighted by molar-refractivity contribution is -0.137. The molecule has 10 heteroatoms. The van der Waals surface area contributed by atoms with Gasteiger partial charge in [-0.25, -0.2) is 4.90 Å². The monoisotopic (exact) mass is 503 g/mol. The van der Waals surface area contributed by atoms with Gasteiger partial charge in [-0.3, -0.25) is 19.3 Å². The lowest BCUT2D eigenvalue weighted by Crippen LogP contribution is -2.54. The van der Waals surface area contributed by atoms with Crippen molar-refractivity contribution < 1.29 is 27.6 Å². The van der Waals surface area contributed by atoms with Gasteiger partial charge in [0.2, 0.25) is 17.7 Å². The van der Waals surface area contributed by atoms with Gasteiger partial charge in [0.25, 0.3) is 0 Å². The zero-order chi connectivity index (χ0) is 25.0. The molecule has 6 rings (SSSR count). The molecule has 4 aliphatic heterocycles. The molecule has 2 aromatic rings. The normalized spacial score (nSPS) is 29.7. The number of hydrogen-bond donors (Lipinski definition) is 1. The summed E-state index contributed by atoms with van der Waals surface area (Å²) in [4.78, 5) is 44.2. The van der Waals surface area contributed by atoms with Crippen molar-refractivity contribution in [3.63, 3.8) is 0 Å². The second-order valence-corrected chi connectivity index (χ2v) is 10.2. The van der Waals surface area contributed by atoms with Gasteiger partial charge in [0.05, 0.1) is 28.1 Å². The summed E-state index contributed by atoms with van der Waals surface area (Å²) in [7, 11) is 0. The molecule has 2 aromatic carbocycles. The Balaban J connectivity index is 1.56. The van der Waals surface area contributed by atoms with Crippen LogP contribution in [0.15, 0.2) is 30.3 Å². The molecule has 0 saturated carbocycles. The fourth-order valence-corrected chi connectivity index (χ4v) is 6.96. The molecule has 3 amide bonds. The fourth-order valence-electron chi connectivity index (χ4n) is 6.76. The van der Waals surface area contributed by atoms with E-state index in [2.05, 4.69) is 5.32 Å². The van der Waals surface area contributed by atoms with Crippen molar-refractivity contribution >= 4 is 40.7 Å². The zero-order valence-electron chi connectivity index (χ0n) is 18.9. The van der Waals surface area contributed by atoms with Crippen LogP contribution in [0.5, 0.6) is 0 Å². The average molecular weight is 504 g/mol. The van der Waals surface area contributed by atoms with Gasteiger partial charge < -0.3 is 5.32 Å². The maximum Gasteiger partial charge on any atom is 0.416 e. The number of benzene rings is 2. The molecule has 0 aliphatic carbocycles. The second kappa shape index (κ2) is 7.07. The SMILES string of the molecule is Cc1cc(C)c2c(c1)[C@]1(C(=O)N2)[C@@H]2C(=O)N(c3cc(C(F)(F)F)ccc3Cl)C(=O)[C@H]2[C@H]2CCCN21. The van der Waals surface area contributed by atoms with Crippen LogP contribution in [0.3, 0.4) is 0 Å². The Labute approximate surface area is 204 Å². The molecule has 0 bridgehead atoms. The van der Waals surface area contributed by atoms with Gasteiger partial charge >= 0.3 is 6.18 Å². The molecular weight excluding hydrogens is 483 g/mol. The minimum atomic E-state index is -4.68. The summed E-state index contributed by atoms with van der Waals surface area (Å²) in [5, 5.41) is 2.80. The predicted octanol–water partition coefficient (Wildman–Crippen LogP) is 4.41. The number of hydrogen-bond acceptors (Lipinski definition) is 4. The van der Waals surface area contributed by atoms with Crippen molar-refractivity contribution in [2.75, 3.05) is 16.8 Å². The summed E-state index contributed by atoms with van der Waals surface area (Å²) in [6, 6.07) is 6.01. The number of nitrogens with zero attached hydrogens (tertiary/aromatic N) is 2. The second-order valence-electron chi connectivity index (χ2n) is 9.81. The average Bonchev–Trinajstić information content (AvgIpc) is 3.47. The van der Waals surface area contributed by atoms with E-state index in [1.54, 1.807) is 0 Å². The lowest BCUT2D eigenvalue weighted by atomic mass is 9.75. The van der Waals surface area contributed by atoms with Crippen LogP contribution in [0.1, 0.15) is 35.1 Å². The number of anilines is 2. The molecule has 1 spiro atoms. The first kappa shape index (κ1) is 22.5. The molecule has 3 fully saturated rings. The van der Waals surface area contributed by atoms with Crippen molar-refractivity contribution in [3.05, 3.63) is 57.6 Å². The quantitative estimate of drug-likeness (QED) is 0.585. The third-order valence-electron chi connectivity index (χ3n) is 7.96. The van der Waals surface area contributed by atoms with Crippen LogP contribution in [0.25, 0.3) is 0 Å². The van der Waals surface area contributed by atoms with Gasteiger partial charge in [0, 0.05) is 17.3 Å². The highest BCUT2D eigenvalue weighted by molar-refractivity contribution is 6.36. The topological polar surface area (TPSA) is 69.7 Å². The van der Waals surface area contributed by atoms with E-state index in [4.69, 9.17) is 11.6 Å². The summed E-state index contributed by atoms with van der Waals surface area (Å²) in [6.45, 7) is 4.31. The third-order valence-corrected chi connectivity index (χ3v) is 8.28. The first-order valence-corrected chi connectivity index (χ1v) is 11.8. The number of amides is 3. The molecular formula is C25H21ClF3N3O3. The molecule has 4 atom stereocenters. The summed E-state index contributed by atoms with van der Waals surface area (Å²) >= 11 is 6.22. The summed E-state index contributed by atoms with van der Waals surface area (Å²) < 4.78 is 40.3. The van der Waals surface area contributed by atoms with E-state index >= 15 is 0 Å². The number of alkyl halides is 3. The number of imide groups is 1. The van der Waals surface area contributed by atoms with Gasteiger partial charge in [-0.1, -0.05) is 29.3 Å². The lowest BCUT2D eigenvalue weighted by Gasteiger charge is -2.37. The fraction of sp³-hybridized carbons (Fsp3) is 0.400. The van der Waals surface area contributed by atoms with Gasteiger partial charge in [-0.2, -0.15) is 13.2 Å². The number of halogens is 4. The van der Waals surface area contributed by atoms with Crippen molar-refractivity contribution in [2.24, 2.45) is 11.8 Å². The maximum atomic E-state index is 14.0. The number of carbonyl (C=O) groups excluding carboxylic acids is 3. The van der Waals surface area contributed by atoms with Crippen LogP contribution in [-0.2, 0) is 26.1 Å². The largest absolute Gasteiger partial charge is 0.416 e. The molecule has 0 radical (unpaired) electrons. The minimum absolute atomic E-state index is 0.139. The Morgan fingerprint density at radius 1 is 1.09 bits per heavy atom. The Hall–Kier alpha value is -2.91. The van der Waals surface area contributed by atoms with Crippen molar-refractivity contribution in [1.82, 2.24) is 4.90 Å². The van der Waals surface area contributed by atoms with Crippen molar-refractivity contribution in [3.8, 4) is 0 Å². The summed E-state index contributed by atoms with van der Waals surface area (Å²) in [5.74, 6) is -3.60. The number of nitrogens with one attached hydrogen (secondary N) is 1. The van der Waals surface area contributed by atoms with E-state index in [0.717, 1.165) is 40.6 Å². The molecule has 4 aliphatic rings. The first-order chi connectivity index (χ1) is 16.5. The molecule has 4 heterocycles. The van der Waals surface area contributed by atoms with Gasteiger partial charge in [0.1, 0.15) is 5.54 Å². The van der Waals surface area contributed by atoms with E-state index < -0.39 is 40.9 Å². The third kappa shape index (κ3) is 2.73. The smallest absolute Gasteiger partial charge is 0.324 e. The molecule has 0 unspecified atom stereocenters. The predicted molar refractivity (Wildman–Crippen MR) is 122 cm³/mol. The van der Waals surface area contributed by atoms with Crippen LogP contribution < -0.4 is 10.2 Å². The van der Waals surface area contributed by atoms with Gasteiger partial charge in [-0.05, 0) is 57.0 Å². The Morgan fingerprint density at radius 2 is 1.83 bits per heavy atom. The van der Waals surface area contributed by atoms with E-state index in [9.17, 15) is 27.6 Å². The van der Waals surface area contributed by atoms with E-state index in [1.807, 2.05) is 30.9 Å². The molecule has 1 N–H and O–H groups in total. The highest BCUT2D eigenvalue weighted by atomic mass is 35.5. The highest BCUT2D eigenvalue weighted by Crippen LogP contribution is 2.61. The van der Waals surface area contributed by atoms with Crippen LogP contribution in [0.4, 0.5) is 24.5 Å². The van der Waals surface area contributed by atoms with Crippen molar-refractivity contribution in [2.45, 2.75) is 44.4 Å². The molecule has 6 nitrogen and oxygen atoms in total. The number of fused-ring (bicyclic) bond motifs is 7. The number of aryl methyl sites for hydroxylation is 2. The summed E-state index contributed by atoms with van der Waals surface area (Å²) in [5.41, 5.74) is 0.324. The van der Waals surface area contributed by atoms with E-state index in [1.165, 1.54) is 0 Å². The number of carbonyl (C=O) groups is 3. The molecule has 0 aromatic heterocycles. The molecule has 35 heavy (non-hydrogen) atoms. The highest BCUT2D eigenvalue weighted by Gasteiger charge is 2.74. The van der Waals surface area contributed by atoms with Crippen LogP contribution in [0, 0.1) is 25.7 Å². The number of rotatable bonds is 1. The summed E-state index contributed by atoms with van der Waals surface area (Å²) in [6.07, 6.45) is -3.32.